The van der Waals surface area contributed by atoms with Crippen LogP contribution in [0.5, 0.6) is 0 Å². The smallest absolute Gasteiger partial charge is 0.275 e. The molecule has 19 heavy (non-hydrogen) atoms. The molecule has 0 aromatic carbocycles. The summed E-state index contributed by atoms with van der Waals surface area (Å²) in [6.07, 6.45) is 7.02. The van der Waals surface area contributed by atoms with Crippen molar-refractivity contribution in [1.82, 2.24) is 5.32 Å². The first-order chi connectivity index (χ1) is 9.19. The minimum atomic E-state index is 0.288. The predicted octanol–water partition coefficient (Wildman–Crippen LogP) is 0.852. The van der Waals surface area contributed by atoms with Gasteiger partial charge in [-0.2, -0.15) is 0 Å². The van der Waals surface area contributed by atoms with Crippen LogP contribution in [-0.2, 0) is 4.79 Å². The maximum atomic E-state index is 12.2. The zero-order chi connectivity index (χ0) is 13.4. The second-order valence-electron chi connectivity index (χ2n) is 7.16. The van der Waals surface area contributed by atoms with Gasteiger partial charge in [-0.05, 0) is 69.6 Å². The quantitative estimate of drug-likeness (QED) is 0.759. The average molecular weight is 265 g/mol. The van der Waals surface area contributed by atoms with E-state index in [1.807, 2.05) is 0 Å². The summed E-state index contributed by atoms with van der Waals surface area (Å²) >= 11 is 0. The fourth-order valence-corrected chi connectivity index (χ4v) is 5.12. The highest BCUT2D eigenvalue weighted by atomic mass is 16.2. The summed E-state index contributed by atoms with van der Waals surface area (Å²) in [6.45, 7) is 7.08. The van der Waals surface area contributed by atoms with Crippen molar-refractivity contribution < 1.29 is 9.69 Å². The lowest BCUT2D eigenvalue weighted by Crippen LogP contribution is -3.12. The number of carbonyl (C=O) groups is 1. The molecule has 0 aromatic rings. The lowest BCUT2D eigenvalue weighted by Gasteiger charge is -2.54. The molecule has 1 amide bonds. The fourth-order valence-electron chi connectivity index (χ4n) is 5.12. The summed E-state index contributed by atoms with van der Waals surface area (Å²) in [6, 6.07) is 0.510. The van der Waals surface area contributed by atoms with Crippen LogP contribution >= 0.6 is 0 Å². The molecule has 2 N–H and O–H groups in total. The van der Waals surface area contributed by atoms with Crippen molar-refractivity contribution in [3.8, 4) is 0 Å². The van der Waals surface area contributed by atoms with E-state index in [2.05, 4.69) is 19.2 Å². The van der Waals surface area contributed by atoms with Gasteiger partial charge < -0.3 is 10.2 Å². The van der Waals surface area contributed by atoms with Gasteiger partial charge >= 0.3 is 0 Å². The third-order valence-corrected chi connectivity index (χ3v) is 5.96. The highest BCUT2D eigenvalue weighted by molar-refractivity contribution is 5.77. The molecule has 4 rings (SSSR count). The number of rotatable bonds is 5. The molecular formula is C16H29N2O+. The zero-order valence-electron chi connectivity index (χ0n) is 12.5. The minimum absolute atomic E-state index is 0.288. The van der Waals surface area contributed by atoms with Gasteiger partial charge in [-0.15, -0.1) is 0 Å². The Balaban J connectivity index is 1.56. The lowest BCUT2D eigenvalue weighted by atomic mass is 9.54. The fraction of sp³-hybridized carbons (Fsp3) is 0.938. The van der Waals surface area contributed by atoms with Gasteiger partial charge in [0.2, 0.25) is 0 Å². The number of likely N-dealkylation sites (N-methyl/N-ethyl adjacent to an activating group) is 1. The Morgan fingerprint density at radius 1 is 1.00 bits per heavy atom. The summed E-state index contributed by atoms with van der Waals surface area (Å²) in [5, 5.41) is 3.40. The maximum absolute atomic E-state index is 12.2. The van der Waals surface area contributed by atoms with Crippen molar-refractivity contribution in [2.45, 2.75) is 52.0 Å². The highest BCUT2D eigenvalue weighted by Crippen LogP contribution is 2.53. The van der Waals surface area contributed by atoms with E-state index >= 15 is 0 Å². The van der Waals surface area contributed by atoms with Gasteiger partial charge in [0, 0.05) is 6.04 Å². The number of amides is 1. The van der Waals surface area contributed by atoms with Gasteiger partial charge in [-0.1, -0.05) is 0 Å². The van der Waals surface area contributed by atoms with Crippen molar-refractivity contribution >= 4 is 5.91 Å². The maximum Gasteiger partial charge on any atom is 0.275 e. The first-order valence-corrected chi connectivity index (χ1v) is 8.32. The monoisotopic (exact) mass is 265 g/mol. The van der Waals surface area contributed by atoms with Crippen LogP contribution in [0.2, 0.25) is 0 Å². The van der Waals surface area contributed by atoms with E-state index in [0.29, 0.717) is 12.6 Å². The Morgan fingerprint density at radius 3 is 2.00 bits per heavy atom. The largest absolute Gasteiger partial charge is 0.348 e. The Bertz CT molecular complexity index is 310. The van der Waals surface area contributed by atoms with Gasteiger partial charge in [-0.3, -0.25) is 4.79 Å². The molecule has 0 heterocycles. The number of hydrogen-bond acceptors (Lipinski definition) is 1. The minimum Gasteiger partial charge on any atom is -0.348 e. The standard InChI is InChI=1S/C16H28N2O/c1-3-18(4-2)10-15(19)17-16-13-6-11-5-12(8-13)9-14(16)7-11/h11-14,16H,3-10H2,1-2H3,(H,17,19)/p+1. The summed E-state index contributed by atoms with van der Waals surface area (Å²) < 4.78 is 0. The summed E-state index contributed by atoms with van der Waals surface area (Å²) in [5.41, 5.74) is 0. The Kier molecular flexibility index (Phi) is 3.84. The van der Waals surface area contributed by atoms with E-state index in [1.54, 1.807) is 0 Å². The molecule has 0 unspecified atom stereocenters. The lowest BCUT2D eigenvalue weighted by molar-refractivity contribution is -0.888. The van der Waals surface area contributed by atoms with Crippen molar-refractivity contribution in [2.75, 3.05) is 19.6 Å². The third kappa shape index (κ3) is 2.67. The van der Waals surface area contributed by atoms with Gasteiger partial charge in [-0.25, -0.2) is 0 Å². The van der Waals surface area contributed by atoms with Crippen LogP contribution in [0.4, 0.5) is 0 Å². The second-order valence-corrected chi connectivity index (χ2v) is 7.16. The van der Waals surface area contributed by atoms with Crippen LogP contribution in [0, 0.1) is 23.7 Å². The van der Waals surface area contributed by atoms with Crippen LogP contribution in [0.3, 0.4) is 0 Å². The van der Waals surface area contributed by atoms with Crippen molar-refractivity contribution in [1.29, 1.82) is 0 Å². The molecule has 4 aliphatic rings. The first kappa shape index (κ1) is 13.4. The summed E-state index contributed by atoms with van der Waals surface area (Å²) in [4.78, 5) is 13.6. The highest BCUT2D eigenvalue weighted by Gasteiger charge is 2.48. The normalized spacial score (nSPS) is 39.8. The van der Waals surface area contributed by atoms with Gasteiger partial charge in [0.15, 0.2) is 6.54 Å². The summed E-state index contributed by atoms with van der Waals surface area (Å²) in [5.74, 6) is 3.86. The van der Waals surface area contributed by atoms with Crippen molar-refractivity contribution in [3.05, 3.63) is 0 Å². The SMILES string of the molecule is CC[NH+](CC)CC(=O)NC1C2CC3CC(C2)CC1C3. The topological polar surface area (TPSA) is 33.5 Å². The van der Waals surface area contributed by atoms with E-state index in [1.165, 1.54) is 37.0 Å². The van der Waals surface area contributed by atoms with E-state index in [4.69, 9.17) is 0 Å². The van der Waals surface area contributed by atoms with E-state index in [-0.39, 0.29) is 5.91 Å². The van der Waals surface area contributed by atoms with Gasteiger partial charge in [0.25, 0.3) is 5.91 Å². The predicted molar refractivity (Wildman–Crippen MR) is 75.9 cm³/mol. The van der Waals surface area contributed by atoms with Crippen LogP contribution < -0.4 is 10.2 Å². The van der Waals surface area contributed by atoms with E-state index in [9.17, 15) is 4.79 Å². The van der Waals surface area contributed by atoms with E-state index in [0.717, 1.165) is 36.8 Å². The molecule has 0 saturated heterocycles. The Labute approximate surface area is 117 Å². The molecule has 4 fully saturated rings. The van der Waals surface area contributed by atoms with Crippen LogP contribution in [0.15, 0.2) is 0 Å². The number of quaternary nitrogens is 1. The molecule has 3 nitrogen and oxygen atoms in total. The van der Waals surface area contributed by atoms with Crippen LogP contribution in [-0.4, -0.2) is 31.6 Å². The number of carbonyl (C=O) groups excluding carboxylic acids is 1. The Hall–Kier alpha value is -0.570. The molecule has 0 aromatic heterocycles. The molecule has 0 atom stereocenters. The second kappa shape index (κ2) is 5.43. The van der Waals surface area contributed by atoms with Crippen LogP contribution in [0.25, 0.3) is 0 Å². The molecule has 4 aliphatic carbocycles. The zero-order valence-corrected chi connectivity index (χ0v) is 12.5. The molecule has 108 valence electrons. The number of hydrogen-bond donors (Lipinski definition) is 2. The number of nitrogens with one attached hydrogen (secondary N) is 2. The molecule has 4 saturated carbocycles. The third-order valence-electron chi connectivity index (χ3n) is 5.96. The molecule has 0 radical (unpaired) electrons. The molecule has 4 bridgehead atoms. The van der Waals surface area contributed by atoms with Crippen molar-refractivity contribution in [2.24, 2.45) is 23.7 Å². The van der Waals surface area contributed by atoms with Crippen molar-refractivity contribution in [3.63, 3.8) is 0 Å². The summed E-state index contributed by atoms with van der Waals surface area (Å²) in [7, 11) is 0. The Morgan fingerprint density at radius 2 is 1.53 bits per heavy atom. The molecule has 0 aliphatic heterocycles. The molecule has 3 heteroatoms. The molecule has 0 spiro atoms. The van der Waals surface area contributed by atoms with Gasteiger partial charge in [0.05, 0.1) is 13.1 Å². The molecular weight excluding hydrogens is 236 g/mol. The van der Waals surface area contributed by atoms with Crippen LogP contribution in [0.1, 0.15) is 46.0 Å². The average Bonchev–Trinajstić information content (AvgIpc) is 2.39. The van der Waals surface area contributed by atoms with Gasteiger partial charge in [0.1, 0.15) is 0 Å². The van der Waals surface area contributed by atoms with E-state index < -0.39 is 0 Å². The first-order valence-electron chi connectivity index (χ1n) is 8.32.